The first-order chi connectivity index (χ1) is 13.3. The highest BCUT2D eigenvalue weighted by Crippen LogP contribution is 2.26. The molecule has 1 amide bonds. The van der Waals surface area contributed by atoms with Crippen LogP contribution in [-0.4, -0.2) is 20.6 Å². The number of nitrogens with zero attached hydrogens (tertiary/aromatic N) is 3. The van der Waals surface area contributed by atoms with Crippen molar-refractivity contribution in [2.45, 2.75) is 20.4 Å². The summed E-state index contributed by atoms with van der Waals surface area (Å²) in [6.07, 6.45) is 0. The van der Waals surface area contributed by atoms with Gasteiger partial charge in [-0.25, -0.2) is 4.39 Å². The number of benzene rings is 2. The lowest BCUT2D eigenvalue weighted by molar-refractivity contribution is -0.384. The molecule has 144 valence electrons. The van der Waals surface area contributed by atoms with Crippen LogP contribution >= 0.6 is 11.6 Å². The fourth-order valence-electron chi connectivity index (χ4n) is 2.80. The molecule has 1 heterocycles. The molecular weight excluding hydrogens is 387 g/mol. The van der Waals surface area contributed by atoms with Crippen LogP contribution in [0.15, 0.2) is 42.5 Å². The van der Waals surface area contributed by atoms with Gasteiger partial charge in [0.05, 0.1) is 28.5 Å². The van der Waals surface area contributed by atoms with Crippen molar-refractivity contribution in [3.63, 3.8) is 0 Å². The smallest absolute Gasteiger partial charge is 0.288 e. The molecule has 0 saturated carbocycles. The standard InChI is InChI=1S/C19H16ClFN4O3/c1-11-18(12(2)24(23-11)10-14-5-3-4-6-16(14)21)22-19(26)13-7-8-15(20)17(9-13)25(27)28/h3-9H,10H2,1-2H3,(H,22,26). The third kappa shape index (κ3) is 3.86. The third-order valence-electron chi connectivity index (χ3n) is 4.30. The summed E-state index contributed by atoms with van der Waals surface area (Å²) in [5, 5.41) is 18.0. The van der Waals surface area contributed by atoms with E-state index in [1.54, 1.807) is 36.7 Å². The first kappa shape index (κ1) is 19.5. The second kappa shape index (κ2) is 7.77. The van der Waals surface area contributed by atoms with Crippen LogP contribution in [0.5, 0.6) is 0 Å². The first-order valence-corrected chi connectivity index (χ1v) is 8.68. The van der Waals surface area contributed by atoms with Crippen molar-refractivity contribution in [2.75, 3.05) is 5.32 Å². The lowest BCUT2D eigenvalue weighted by atomic mass is 10.1. The van der Waals surface area contributed by atoms with Crippen LogP contribution in [0.3, 0.4) is 0 Å². The number of nitro groups is 1. The molecule has 1 N–H and O–H groups in total. The maximum Gasteiger partial charge on any atom is 0.288 e. The van der Waals surface area contributed by atoms with Crippen molar-refractivity contribution in [2.24, 2.45) is 0 Å². The third-order valence-corrected chi connectivity index (χ3v) is 4.62. The van der Waals surface area contributed by atoms with Gasteiger partial charge in [0.15, 0.2) is 0 Å². The number of hydrogen-bond acceptors (Lipinski definition) is 4. The van der Waals surface area contributed by atoms with E-state index in [-0.39, 0.29) is 28.6 Å². The number of aryl methyl sites for hydroxylation is 1. The number of aromatic nitrogens is 2. The fraction of sp³-hybridized carbons (Fsp3) is 0.158. The van der Waals surface area contributed by atoms with Gasteiger partial charge in [0.1, 0.15) is 10.8 Å². The number of amides is 1. The number of halogens is 2. The van der Waals surface area contributed by atoms with Gasteiger partial charge in [0.25, 0.3) is 11.6 Å². The Kier molecular flexibility index (Phi) is 5.41. The molecule has 0 atom stereocenters. The maximum atomic E-state index is 13.9. The topological polar surface area (TPSA) is 90.1 Å². The van der Waals surface area contributed by atoms with E-state index >= 15 is 0 Å². The predicted octanol–water partition coefficient (Wildman–Crippen LogP) is 4.50. The fourth-order valence-corrected chi connectivity index (χ4v) is 2.99. The lowest BCUT2D eigenvalue weighted by Gasteiger charge is -2.08. The van der Waals surface area contributed by atoms with Crippen LogP contribution < -0.4 is 5.32 Å². The molecule has 28 heavy (non-hydrogen) atoms. The van der Waals surface area contributed by atoms with E-state index in [0.29, 0.717) is 22.6 Å². The minimum absolute atomic E-state index is 0.0494. The average molecular weight is 403 g/mol. The van der Waals surface area contributed by atoms with Gasteiger partial charge in [-0.1, -0.05) is 29.8 Å². The summed E-state index contributed by atoms with van der Waals surface area (Å²) < 4.78 is 15.5. The van der Waals surface area contributed by atoms with Crippen LogP contribution in [0, 0.1) is 29.8 Å². The molecule has 0 saturated heterocycles. The molecule has 0 aliphatic carbocycles. The maximum absolute atomic E-state index is 13.9. The number of carbonyl (C=O) groups excluding carboxylic acids is 1. The van der Waals surface area contributed by atoms with E-state index in [9.17, 15) is 19.3 Å². The minimum Gasteiger partial charge on any atom is -0.319 e. The zero-order valence-corrected chi connectivity index (χ0v) is 15.8. The zero-order valence-electron chi connectivity index (χ0n) is 15.1. The molecule has 0 aliphatic rings. The summed E-state index contributed by atoms with van der Waals surface area (Å²) in [5.41, 5.74) is 1.87. The van der Waals surface area contributed by atoms with Crippen molar-refractivity contribution < 1.29 is 14.1 Å². The number of rotatable bonds is 5. The van der Waals surface area contributed by atoms with Gasteiger partial charge >= 0.3 is 0 Å². The van der Waals surface area contributed by atoms with Gasteiger partial charge < -0.3 is 5.32 Å². The number of nitro benzene ring substituents is 1. The quantitative estimate of drug-likeness (QED) is 0.502. The van der Waals surface area contributed by atoms with E-state index in [4.69, 9.17) is 11.6 Å². The van der Waals surface area contributed by atoms with Crippen LogP contribution in [0.1, 0.15) is 27.3 Å². The highest BCUT2D eigenvalue weighted by molar-refractivity contribution is 6.32. The molecule has 1 aromatic heterocycles. The van der Waals surface area contributed by atoms with E-state index in [2.05, 4.69) is 10.4 Å². The van der Waals surface area contributed by atoms with Gasteiger partial charge in [-0.2, -0.15) is 5.10 Å². The summed E-state index contributed by atoms with van der Waals surface area (Å²) >= 11 is 5.78. The summed E-state index contributed by atoms with van der Waals surface area (Å²) in [6, 6.07) is 10.2. The molecule has 2 aromatic carbocycles. The highest BCUT2D eigenvalue weighted by Gasteiger charge is 2.19. The second-order valence-corrected chi connectivity index (χ2v) is 6.58. The first-order valence-electron chi connectivity index (χ1n) is 8.30. The normalized spacial score (nSPS) is 10.7. The van der Waals surface area contributed by atoms with Crippen molar-refractivity contribution >= 4 is 28.9 Å². The molecule has 0 unspecified atom stereocenters. The summed E-state index contributed by atoms with van der Waals surface area (Å²) in [7, 11) is 0. The molecule has 0 fully saturated rings. The van der Waals surface area contributed by atoms with Gasteiger partial charge in [-0.05, 0) is 32.0 Å². The number of carbonyl (C=O) groups is 1. The van der Waals surface area contributed by atoms with E-state index in [1.165, 1.54) is 18.2 Å². The Morgan fingerprint density at radius 2 is 2.00 bits per heavy atom. The summed E-state index contributed by atoms with van der Waals surface area (Å²) in [5.74, 6) is -0.870. The monoisotopic (exact) mass is 402 g/mol. The number of nitrogens with one attached hydrogen (secondary N) is 1. The van der Waals surface area contributed by atoms with Crippen LogP contribution in [0.4, 0.5) is 15.8 Å². The van der Waals surface area contributed by atoms with Crippen molar-refractivity contribution in [3.05, 3.63) is 85.9 Å². The zero-order chi connectivity index (χ0) is 20.4. The molecule has 0 bridgehead atoms. The second-order valence-electron chi connectivity index (χ2n) is 6.17. The van der Waals surface area contributed by atoms with Gasteiger partial charge in [0, 0.05) is 17.2 Å². The van der Waals surface area contributed by atoms with Gasteiger partial charge in [0.2, 0.25) is 0 Å². The van der Waals surface area contributed by atoms with E-state index in [0.717, 1.165) is 6.07 Å². The van der Waals surface area contributed by atoms with Crippen molar-refractivity contribution in [1.29, 1.82) is 0 Å². The van der Waals surface area contributed by atoms with Gasteiger partial charge in [-0.15, -0.1) is 0 Å². The number of hydrogen-bond donors (Lipinski definition) is 1. The van der Waals surface area contributed by atoms with Crippen LogP contribution in [-0.2, 0) is 6.54 Å². The highest BCUT2D eigenvalue weighted by atomic mass is 35.5. The Labute approximate surface area is 164 Å². The molecule has 3 aromatic rings. The Morgan fingerprint density at radius 1 is 1.29 bits per heavy atom. The predicted molar refractivity (Wildman–Crippen MR) is 103 cm³/mol. The lowest BCUT2D eigenvalue weighted by Crippen LogP contribution is -2.14. The van der Waals surface area contributed by atoms with Crippen molar-refractivity contribution in [3.8, 4) is 0 Å². The molecule has 7 nitrogen and oxygen atoms in total. The Bertz CT molecular complexity index is 1080. The Morgan fingerprint density at radius 3 is 2.68 bits per heavy atom. The van der Waals surface area contributed by atoms with Crippen molar-refractivity contribution in [1.82, 2.24) is 9.78 Å². The summed E-state index contributed by atoms with van der Waals surface area (Å²) in [4.78, 5) is 22.9. The Balaban J connectivity index is 1.86. The SMILES string of the molecule is Cc1nn(Cc2ccccc2F)c(C)c1NC(=O)c1ccc(Cl)c([N+](=O)[O-])c1. The number of anilines is 1. The minimum atomic E-state index is -0.651. The molecule has 3 rings (SSSR count). The molecule has 0 spiro atoms. The Hall–Kier alpha value is -3.26. The molecule has 9 heteroatoms. The van der Waals surface area contributed by atoms with Crippen LogP contribution in [0.25, 0.3) is 0 Å². The van der Waals surface area contributed by atoms with E-state index < -0.39 is 10.8 Å². The molecule has 0 radical (unpaired) electrons. The molecular formula is C19H16ClFN4O3. The largest absolute Gasteiger partial charge is 0.319 e. The average Bonchev–Trinajstić information content (AvgIpc) is 2.91. The van der Waals surface area contributed by atoms with Crippen LogP contribution in [0.2, 0.25) is 5.02 Å². The van der Waals surface area contributed by atoms with E-state index in [1.807, 2.05) is 0 Å². The molecule has 0 aliphatic heterocycles. The summed E-state index contributed by atoms with van der Waals surface area (Å²) in [6.45, 7) is 3.67. The van der Waals surface area contributed by atoms with Gasteiger partial charge in [-0.3, -0.25) is 19.6 Å².